The van der Waals surface area contributed by atoms with Crippen LogP contribution < -0.4 is 10.5 Å². The highest BCUT2D eigenvalue weighted by atomic mass is 16.4. The largest absolute Gasteiger partial charge is 0.550 e. The first kappa shape index (κ1) is 9.90. The summed E-state index contributed by atoms with van der Waals surface area (Å²) in [6.07, 6.45) is -0.278. The number of hydrogen-bond donors (Lipinski definition) is 1. The molecule has 0 saturated carbocycles. The van der Waals surface area contributed by atoms with Gasteiger partial charge in [0.05, 0.1) is 0 Å². The zero-order valence-corrected chi connectivity index (χ0v) is 6.59. The number of hydrazine groups is 1. The molecule has 0 fully saturated rings. The summed E-state index contributed by atoms with van der Waals surface area (Å²) in [7, 11) is 3.30. The van der Waals surface area contributed by atoms with E-state index in [1.807, 2.05) is 0 Å². The van der Waals surface area contributed by atoms with Crippen molar-refractivity contribution in [1.29, 1.82) is 0 Å². The Morgan fingerprint density at radius 1 is 1.36 bits per heavy atom. The van der Waals surface area contributed by atoms with Crippen LogP contribution in [0, 0.1) is 0 Å². The van der Waals surface area contributed by atoms with E-state index in [-0.39, 0.29) is 18.7 Å². The predicted octanol–water partition coefficient (Wildman–Crippen LogP) is -1.89. The third-order valence-corrected chi connectivity index (χ3v) is 0.904. The van der Waals surface area contributed by atoms with E-state index in [9.17, 15) is 14.7 Å². The lowest BCUT2D eigenvalue weighted by molar-refractivity contribution is -0.305. The van der Waals surface area contributed by atoms with Crippen LogP contribution in [0.2, 0.25) is 0 Å². The minimum atomic E-state index is -1.21. The van der Waals surface area contributed by atoms with Gasteiger partial charge in [0, 0.05) is 26.5 Å². The molecule has 11 heavy (non-hydrogen) atoms. The highest BCUT2D eigenvalue weighted by Crippen LogP contribution is 1.86. The van der Waals surface area contributed by atoms with Crippen molar-refractivity contribution in [3.05, 3.63) is 0 Å². The number of nitrogens with one attached hydrogen (secondary N) is 1. The second-order valence-electron chi connectivity index (χ2n) is 2.30. The standard InChI is InChI=1S/C6H12N2O3/c1-8(2)7-5(9)3-4-6(10)11/h3-4H2,1-2H3,(H,7,9)(H,10,11)/p-1. The Hall–Kier alpha value is -1.10. The molecule has 0 bridgehead atoms. The Bertz CT molecular complexity index is 156. The van der Waals surface area contributed by atoms with Crippen molar-refractivity contribution in [3.8, 4) is 0 Å². The molecule has 5 nitrogen and oxygen atoms in total. The lowest BCUT2D eigenvalue weighted by Crippen LogP contribution is -2.37. The van der Waals surface area contributed by atoms with Crippen LogP contribution in [-0.4, -0.2) is 31.0 Å². The molecule has 0 spiro atoms. The predicted molar refractivity (Wildman–Crippen MR) is 36.1 cm³/mol. The second kappa shape index (κ2) is 4.68. The average molecular weight is 159 g/mol. The lowest BCUT2D eigenvalue weighted by atomic mass is 10.3. The maximum absolute atomic E-state index is 10.7. The molecule has 0 aliphatic carbocycles. The van der Waals surface area contributed by atoms with Crippen LogP contribution in [0.5, 0.6) is 0 Å². The highest BCUT2D eigenvalue weighted by Gasteiger charge is 2.00. The van der Waals surface area contributed by atoms with Gasteiger partial charge in [-0.3, -0.25) is 10.2 Å². The summed E-state index contributed by atoms with van der Waals surface area (Å²) >= 11 is 0. The van der Waals surface area contributed by atoms with E-state index in [0.717, 1.165) is 0 Å². The first-order chi connectivity index (χ1) is 5.02. The molecule has 0 aromatic heterocycles. The van der Waals surface area contributed by atoms with E-state index >= 15 is 0 Å². The molecular weight excluding hydrogens is 148 g/mol. The SMILES string of the molecule is CN(C)NC(=O)CCC(=O)[O-]. The topological polar surface area (TPSA) is 72.5 Å². The molecule has 0 rings (SSSR count). The number of carbonyl (C=O) groups excluding carboxylic acids is 2. The minimum Gasteiger partial charge on any atom is -0.550 e. The van der Waals surface area contributed by atoms with Crippen molar-refractivity contribution in [3.63, 3.8) is 0 Å². The second-order valence-corrected chi connectivity index (χ2v) is 2.30. The summed E-state index contributed by atoms with van der Waals surface area (Å²) in [5.74, 6) is -1.53. The number of carboxylic acids is 1. The summed E-state index contributed by atoms with van der Waals surface area (Å²) in [6.45, 7) is 0. The fourth-order valence-electron chi connectivity index (χ4n) is 0.521. The number of aliphatic carboxylic acids is 1. The van der Waals surface area contributed by atoms with E-state index in [1.165, 1.54) is 5.01 Å². The van der Waals surface area contributed by atoms with Crippen molar-refractivity contribution >= 4 is 11.9 Å². The fraction of sp³-hybridized carbons (Fsp3) is 0.667. The molecule has 1 amide bonds. The molecule has 0 aliphatic rings. The monoisotopic (exact) mass is 159 g/mol. The van der Waals surface area contributed by atoms with Crippen LogP contribution >= 0.6 is 0 Å². The molecule has 0 aromatic carbocycles. The smallest absolute Gasteiger partial charge is 0.234 e. The van der Waals surface area contributed by atoms with Crippen molar-refractivity contribution in [2.75, 3.05) is 14.1 Å². The quantitative estimate of drug-likeness (QED) is 0.487. The maximum atomic E-state index is 10.7. The van der Waals surface area contributed by atoms with Gasteiger partial charge >= 0.3 is 0 Å². The first-order valence-corrected chi connectivity index (χ1v) is 3.19. The Labute approximate surface area is 65.0 Å². The number of carbonyl (C=O) groups is 2. The van der Waals surface area contributed by atoms with E-state index in [1.54, 1.807) is 14.1 Å². The van der Waals surface area contributed by atoms with Crippen molar-refractivity contribution in [2.45, 2.75) is 12.8 Å². The zero-order chi connectivity index (χ0) is 8.85. The van der Waals surface area contributed by atoms with Gasteiger partial charge in [0.1, 0.15) is 0 Å². The van der Waals surface area contributed by atoms with Crippen molar-refractivity contribution in [1.82, 2.24) is 10.4 Å². The van der Waals surface area contributed by atoms with Crippen LogP contribution in [0.25, 0.3) is 0 Å². The summed E-state index contributed by atoms with van der Waals surface area (Å²) in [5, 5.41) is 11.3. The van der Waals surface area contributed by atoms with Crippen LogP contribution in [0.1, 0.15) is 12.8 Å². The number of nitrogens with zero attached hydrogens (tertiary/aromatic N) is 1. The maximum Gasteiger partial charge on any atom is 0.234 e. The molecule has 0 radical (unpaired) electrons. The Morgan fingerprint density at radius 3 is 2.27 bits per heavy atom. The Morgan fingerprint density at radius 2 is 1.91 bits per heavy atom. The van der Waals surface area contributed by atoms with Gasteiger partial charge in [-0.1, -0.05) is 0 Å². The lowest BCUT2D eigenvalue weighted by Gasteiger charge is -2.11. The molecule has 0 aliphatic heterocycles. The van der Waals surface area contributed by atoms with Crippen LogP contribution in [0.3, 0.4) is 0 Å². The van der Waals surface area contributed by atoms with E-state index in [2.05, 4.69) is 5.43 Å². The number of amides is 1. The third kappa shape index (κ3) is 6.79. The van der Waals surface area contributed by atoms with Gasteiger partial charge in [-0.25, -0.2) is 5.01 Å². The Balaban J connectivity index is 3.45. The summed E-state index contributed by atoms with van der Waals surface area (Å²) in [5.41, 5.74) is 2.40. The fourth-order valence-corrected chi connectivity index (χ4v) is 0.521. The number of carboxylic acid groups (broad SMARTS) is 1. The molecule has 0 saturated heterocycles. The van der Waals surface area contributed by atoms with Gasteiger partial charge in [-0.2, -0.15) is 0 Å². The highest BCUT2D eigenvalue weighted by molar-refractivity contribution is 5.79. The van der Waals surface area contributed by atoms with Gasteiger partial charge in [-0.05, 0) is 6.42 Å². The van der Waals surface area contributed by atoms with Gasteiger partial charge in [0.15, 0.2) is 0 Å². The first-order valence-electron chi connectivity index (χ1n) is 3.19. The van der Waals surface area contributed by atoms with Crippen LogP contribution in [0.4, 0.5) is 0 Å². The summed E-state index contributed by atoms with van der Waals surface area (Å²) < 4.78 is 0. The van der Waals surface area contributed by atoms with E-state index < -0.39 is 5.97 Å². The minimum absolute atomic E-state index is 0.0412. The van der Waals surface area contributed by atoms with Crippen molar-refractivity contribution in [2.24, 2.45) is 0 Å². The van der Waals surface area contributed by atoms with Gasteiger partial charge in [-0.15, -0.1) is 0 Å². The normalized spacial score (nSPS) is 9.73. The molecule has 0 heterocycles. The molecule has 5 heteroatoms. The van der Waals surface area contributed by atoms with Crippen molar-refractivity contribution < 1.29 is 14.7 Å². The average Bonchev–Trinajstić information content (AvgIpc) is 1.82. The molecule has 1 N–H and O–H groups in total. The number of rotatable bonds is 4. The number of hydrogen-bond acceptors (Lipinski definition) is 4. The van der Waals surface area contributed by atoms with Crippen LogP contribution in [0.15, 0.2) is 0 Å². The molecule has 0 aromatic rings. The van der Waals surface area contributed by atoms with Gasteiger partial charge in [0.25, 0.3) is 0 Å². The van der Waals surface area contributed by atoms with Crippen LogP contribution in [-0.2, 0) is 9.59 Å². The molecule has 64 valence electrons. The Kier molecular flexibility index (Phi) is 4.21. The van der Waals surface area contributed by atoms with E-state index in [0.29, 0.717) is 0 Å². The van der Waals surface area contributed by atoms with E-state index in [4.69, 9.17) is 0 Å². The van der Waals surface area contributed by atoms with Gasteiger partial charge in [0.2, 0.25) is 5.91 Å². The van der Waals surface area contributed by atoms with Gasteiger partial charge < -0.3 is 9.90 Å². The third-order valence-electron chi connectivity index (χ3n) is 0.904. The summed E-state index contributed by atoms with van der Waals surface area (Å²) in [4.78, 5) is 20.6. The molecule has 0 unspecified atom stereocenters. The molecular formula is C6H11N2O3-. The molecule has 0 atom stereocenters. The summed E-state index contributed by atoms with van der Waals surface area (Å²) in [6, 6.07) is 0. The zero-order valence-electron chi connectivity index (χ0n) is 6.59.